The number of imide groups is 1. The summed E-state index contributed by atoms with van der Waals surface area (Å²) in [6.07, 6.45) is -3.43. The molecule has 4 aromatic rings. The molecule has 2 aromatic carbocycles. The van der Waals surface area contributed by atoms with Crippen LogP contribution < -0.4 is 4.90 Å². The Bertz CT molecular complexity index is 1420. The molecule has 0 fully saturated rings. The average Bonchev–Trinajstić information content (AvgIpc) is 3.22. The molecule has 0 spiro atoms. The van der Waals surface area contributed by atoms with Crippen LogP contribution in [0.25, 0.3) is 22.3 Å². The fourth-order valence-electron chi connectivity index (χ4n) is 3.79. The molecule has 1 aliphatic heterocycles. The molecule has 0 radical (unpaired) electrons. The van der Waals surface area contributed by atoms with E-state index in [1.807, 2.05) is 0 Å². The quantitative estimate of drug-likeness (QED) is 0.338. The summed E-state index contributed by atoms with van der Waals surface area (Å²) >= 11 is 0. The summed E-state index contributed by atoms with van der Waals surface area (Å²) in [7, 11) is 1.60. The third-order valence-electron chi connectivity index (χ3n) is 5.25. The molecule has 32 heavy (non-hydrogen) atoms. The van der Waals surface area contributed by atoms with Gasteiger partial charge in [-0.1, -0.05) is 6.07 Å². The SMILES string of the molecule is Cn1nc(-c2ccc(F)cc2)c2c3c(cnc21)C(=O)N(c1cccc(C(F)(F)F)c1)C3=O. The topological polar surface area (TPSA) is 68.1 Å². The number of aryl methyl sites for hydroxylation is 1. The number of halogens is 4. The highest BCUT2D eigenvalue weighted by molar-refractivity contribution is 6.38. The van der Waals surface area contributed by atoms with E-state index in [1.165, 1.54) is 41.2 Å². The van der Waals surface area contributed by atoms with Gasteiger partial charge in [-0.2, -0.15) is 18.3 Å². The van der Waals surface area contributed by atoms with Crippen LogP contribution >= 0.6 is 0 Å². The predicted octanol–water partition coefficient (Wildman–Crippen LogP) is 4.59. The number of hydrogen-bond acceptors (Lipinski definition) is 4. The second kappa shape index (κ2) is 6.71. The van der Waals surface area contributed by atoms with E-state index in [9.17, 15) is 27.2 Å². The fraction of sp³-hybridized carbons (Fsp3) is 0.0909. The number of alkyl halides is 3. The predicted molar refractivity (Wildman–Crippen MR) is 106 cm³/mol. The molecule has 5 rings (SSSR count). The second-order valence-electron chi connectivity index (χ2n) is 7.22. The largest absolute Gasteiger partial charge is 0.416 e. The summed E-state index contributed by atoms with van der Waals surface area (Å²) in [4.78, 5) is 31.3. The summed E-state index contributed by atoms with van der Waals surface area (Å²) < 4.78 is 54.3. The van der Waals surface area contributed by atoms with Crippen LogP contribution in [0.4, 0.5) is 23.2 Å². The Morgan fingerprint density at radius 2 is 1.69 bits per heavy atom. The lowest BCUT2D eigenvalue weighted by molar-refractivity contribution is -0.137. The number of rotatable bonds is 2. The van der Waals surface area contributed by atoms with Crippen molar-refractivity contribution in [3.63, 3.8) is 0 Å². The van der Waals surface area contributed by atoms with Gasteiger partial charge in [-0.25, -0.2) is 19.0 Å². The van der Waals surface area contributed by atoms with Gasteiger partial charge in [-0.15, -0.1) is 0 Å². The summed E-state index contributed by atoms with van der Waals surface area (Å²) in [6, 6.07) is 9.40. The first-order valence-electron chi connectivity index (χ1n) is 9.34. The molecular formula is C22H12F4N4O2. The molecule has 0 aliphatic carbocycles. The lowest BCUT2D eigenvalue weighted by atomic mass is 10.0. The molecule has 2 amide bonds. The zero-order valence-corrected chi connectivity index (χ0v) is 16.3. The standard InChI is InChI=1S/C22H12F4N4O2/c1-29-19-17(18(28-29)11-5-7-13(23)8-6-11)16-15(10-27-19)20(31)30(21(16)32)14-4-2-3-12(9-14)22(24,25)26/h2-10H,1H3. The van der Waals surface area contributed by atoms with Crippen molar-refractivity contribution < 1.29 is 27.2 Å². The first-order chi connectivity index (χ1) is 15.2. The maximum Gasteiger partial charge on any atom is 0.416 e. The van der Waals surface area contributed by atoms with Gasteiger partial charge in [0.15, 0.2) is 5.65 Å². The average molecular weight is 440 g/mol. The summed E-state index contributed by atoms with van der Waals surface area (Å²) in [5.41, 5.74) is -0.144. The van der Waals surface area contributed by atoms with E-state index in [2.05, 4.69) is 10.1 Å². The highest BCUT2D eigenvalue weighted by atomic mass is 19.4. The zero-order chi connectivity index (χ0) is 22.8. The van der Waals surface area contributed by atoms with E-state index in [0.29, 0.717) is 21.8 Å². The van der Waals surface area contributed by atoms with Gasteiger partial charge in [0.05, 0.1) is 27.8 Å². The Morgan fingerprint density at radius 3 is 2.38 bits per heavy atom. The zero-order valence-electron chi connectivity index (χ0n) is 16.3. The van der Waals surface area contributed by atoms with Crippen LogP contribution in [0.3, 0.4) is 0 Å². The minimum absolute atomic E-state index is 0.00941. The lowest BCUT2D eigenvalue weighted by Crippen LogP contribution is -2.29. The first kappa shape index (κ1) is 19.9. The van der Waals surface area contributed by atoms with Crippen molar-refractivity contribution >= 4 is 28.5 Å². The molecule has 160 valence electrons. The van der Waals surface area contributed by atoms with Crippen LogP contribution in [0.15, 0.2) is 54.7 Å². The van der Waals surface area contributed by atoms with Crippen LogP contribution in [0.5, 0.6) is 0 Å². The number of carbonyl (C=O) groups is 2. The summed E-state index contributed by atoms with van der Waals surface area (Å²) in [5, 5.41) is 4.64. The molecule has 6 nitrogen and oxygen atoms in total. The maximum absolute atomic E-state index is 13.4. The molecular weight excluding hydrogens is 428 g/mol. The summed E-state index contributed by atoms with van der Waals surface area (Å²) in [6.45, 7) is 0. The number of fused-ring (bicyclic) bond motifs is 3. The molecule has 0 saturated heterocycles. The first-order valence-corrected chi connectivity index (χ1v) is 9.34. The van der Waals surface area contributed by atoms with Crippen molar-refractivity contribution in [2.24, 2.45) is 7.05 Å². The smallest absolute Gasteiger partial charge is 0.268 e. The van der Waals surface area contributed by atoms with Crippen LogP contribution in [-0.4, -0.2) is 26.6 Å². The van der Waals surface area contributed by atoms with Gasteiger partial charge in [0.1, 0.15) is 11.5 Å². The van der Waals surface area contributed by atoms with Crippen molar-refractivity contribution in [1.82, 2.24) is 14.8 Å². The van der Waals surface area contributed by atoms with E-state index in [0.717, 1.165) is 18.2 Å². The van der Waals surface area contributed by atoms with Gasteiger partial charge in [0, 0.05) is 18.8 Å². The van der Waals surface area contributed by atoms with Crippen molar-refractivity contribution in [2.45, 2.75) is 6.18 Å². The number of carbonyl (C=O) groups excluding carboxylic acids is 2. The molecule has 10 heteroatoms. The van der Waals surface area contributed by atoms with Gasteiger partial charge in [0.25, 0.3) is 11.8 Å². The molecule has 0 N–H and O–H groups in total. The van der Waals surface area contributed by atoms with E-state index in [-0.39, 0.29) is 22.2 Å². The number of benzene rings is 2. The monoisotopic (exact) mass is 440 g/mol. The normalized spacial score (nSPS) is 13.8. The maximum atomic E-state index is 13.4. The van der Waals surface area contributed by atoms with Gasteiger partial charge in [0.2, 0.25) is 0 Å². The Kier molecular flexibility index (Phi) is 4.16. The Hall–Kier alpha value is -4.08. The van der Waals surface area contributed by atoms with E-state index in [1.54, 1.807) is 7.05 Å². The van der Waals surface area contributed by atoms with Crippen molar-refractivity contribution in [1.29, 1.82) is 0 Å². The van der Waals surface area contributed by atoms with E-state index in [4.69, 9.17) is 0 Å². The minimum Gasteiger partial charge on any atom is -0.268 e. The molecule has 3 heterocycles. The highest BCUT2D eigenvalue weighted by Crippen LogP contribution is 2.38. The Balaban J connectivity index is 1.71. The summed E-state index contributed by atoms with van der Waals surface area (Å²) in [5.74, 6) is -2.03. The minimum atomic E-state index is -4.64. The van der Waals surface area contributed by atoms with Crippen molar-refractivity contribution in [3.8, 4) is 11.3 Å². The van der Waals surface area contributed by atoms with Crippen LogP contribution in [0.2, 0.25) is 0 Å². The van der Waals surface area contributed by atoms with Gasteiger partial charge < -0.3 is 0 Å². The molecule has 0 bridgehead atoms. The molecule has 1 aliphatic rings. The highest BCUT2D eigenvalue weighted by Gasteiger charge is 2.41. The van der Waals surface area contributed by atoms with Crippen molar-refractivity contribution in [3.05, 3.63) is 77.2 Å². The number of pyridine rings is 1. The van der Waals surface area contributed by atoms with Gasteiger partial charge in [-0.3, -0.25) is 9.59 Å². The Morgan fingerprint density at radius 1 is 0.969 bits per heavy atom. The molecule has 0 unspecified atom stereocenters. The van der Waals surface area contributed by atoms with Crippen LogP contribution in [-0.2, 0) is 13.2 Å². The van der Waals surface area contributed by atoms with Gasteiger partial charge >= 0.3 is 6.18 Å². The van der Waals surface area contributed by atoms with E-state index < -0.39 is 29.4 Å². The van der Waals surface area contributed by atoms with E-state index >= 15 is 0 Å². The number of hydrogen-bond donors (Lipinski definition) is 0. The molecule has 0 saturated carbocycles. The number of aromatic nitrogens is 3. The molecule has 0 atom stereocenters. The van der Waals surface area contributed by atoms with Gasteiger partial charge in [-0.05, 0) is 42.5 Å². The molecule has 2 aromatic heterocycles. The number of anilines is 1. The third kappa shape index (κ3) is 2.87. The van der Waals surface area contributed by atoms with Crippen molar-refractivity contribution in [2.75, 3.05) is 4.90 Å². The second-order valence-corrected chi connectivity index (χ2v) is 7.22. The lowest BCUT2D eigenvalue weighted by Gasteiger charge is -2.16. The van der Waals surface area contributed by atoms with Crippen LogP contribution in [0, 0.1) is 5.82 Å². The Labute approximate surface area is 177 Å². The fourth-order valence-corrected chi connectivity index (χ4v) is 3.79. The number of amides is 2. The number of nitrogens with zero attached hydrogens (tertiary/aromatic N) is 4. The third-order valence-corrected chi connectivity index (χ3v) is 5.25. The van der Waals surface area contributed by atoms with Crippen LogP contribution in [0.1, 0.15) is 26.3 Å².